The lowest BCUT2D eigenvalue weighted by Gasteiger charge is -2.24. The third-order valence-electron chi connectivity index (χ3n) is 3.79. The van der Waals surface area contributed by atoms with Crippen LogP contribution in [0, 0.1) is 0 Å². The molecule has 0 aliphatic carbocycles. The molecular formula is C16H20ClN3O2. The molecular weight excluding hydrogens is 302 g/mol. The Hall–Kier alpha value is -1.56. The quantitative estimate of drug-likeness (QED) is 0.889. The van der Waals surface area contributed by atoms with Crippen molar-refractivity contribution in [3.8, 4) is 11.3 Å². The number of hydrogen-bond donors (Lipinski definition) is 2. The first kappa shape index (κ1) is 15.3. The number of ether oxygens (including phenoxy) is 1. The van der Waals surface area contributed by atoms with Crippen LogP contribution < -0.4 is 5.32 Å². The highest BCUT2D eigenvalue weighted by molar-refractivity contribution is 6.30. The van der Waals surface area contributed by atoms with Crippen LogP contribution in [-0.4, -0.2) is 40.7 Å². The van der Waals surface area contributed by atoms with E-state index in [0.717, 1.165) is 43.1 Å². The van der Waals surface area contributed by atoms with E-state index in [2.05, 4.69) is 10.4 Å². The second kappa shape index (κ2) is 7.13. The number of hydrogen-bond acceptors (Lipinski definition) is 4. The van der Waals surface area contributed by atoms with Gasteiger partial charge in [-0.15, -0.1) is 0 Å². The second-order valence-corrected chi connectivity index (χ2v) is 5.84. The predicted octanol–water partition coefficient (Wildman–Crippen LogP) is 2.79. The first-order chi connectivity index (χ1) is 10.8. The third-order valence-corrected chi connectivity index (χ3v) is 4.02. The summed E-state index contributed by atoms with van der Waals surface area (Å²) in [6, 6.07) is 10.0. The monoisotopic (exact) mass is 321 g/mol. The van der Waals surface area contributed by atoms with E-state index in [1.165, 1.54) is 0 Å². The van der Waals surface area contributed by atoms with E-state index < -0.39 is 0 Å². The molecule has 0 radical (unpaired) electrons. The molecule has 1 saturated heterocycles. The summed E-state index contributed by atoms with van der Waals surface area (Å²) in [7, 11) is 0. The van der Waals surface area contributed by atoms with E-state index in [1.54, 1.807) is 0 Å². The molecule has 0 spiro atoms. The van der Waals surface area contributed by atoms with Gasteiger partial charge in [-0.2, -0.15) is 5.10 Å². The van der Waals surface area contributed by atoms with Crippen LogP contribution in [0.5, 0.6) is 0 Å². The number of aliphatic hydroxyl groups excluding tert-OH is 1. The molecule has 0 atom stereocenters. The lowest BCUT2D eigenvalue weighted by Crippen LogP contribution is -2.29. The van der Waals surface area contributed by atoms with Crippen LogP contribution in [0.4, 0.5) is 5.82 Å². The second-order valence-electron chi connectivity index (χ2n) is 5.40. The number of aromatic nitrogens is 2. The summed E-state index contributed by atoms with van der Waals surface area (Å²) in [5.41, 5.74) is 1.82. The zero-order valence-electron chi connectivity index (χ0n) is 12.3. The molecule has 1 aliphatic rings. The summed E-state index contributed by atoms with van der Waals surface area (Å²) in [4.78, 5) is 0. The maximum atomic E-state index is 9.24. The first-order valence-electron chi connectivity index (χ1n) is 7.55. The van der Waals surface area contributed by atoms with Crippen molar-refractivity contribution >= 4 is 17.4 Å². The highest BCUT2D eigenvalue weighted by Crippen LogP contribution is 2.25. The van der Waals surface area contributed by atoms with E-state index in [4.69, 9.17) is 16.3 Å². The Bertz CT molecular complexity index is 624. The number of nitrogens with zero attached hydrogens (tertiary/aromatic N) is 2. The van der Waals surface area contributed by atoms with Crippen LogP contribution in [0.2, 0.25) is 5.02 Å². The Labute approximate surface area is 134 Å². The minimum absolute atomic E-state index is 0.0547. The number of halogens is 1. The van der Waals surface area contributed by atoms with Crippen molar-refractivity contribution in [3.05, 3.63) is 35.4 Å². The van der Waals surface area contributed by atoms with Crippen molar-refractivity contribution in [2.75, 3.05) is 25.1 Å². The van der Waals surface area contributed by atoms with E-state index in [1.807, 2.05) is 35.0 Å². The van der Waals surface area contributed by atoms with E-state index in [0.29, 0.717) is 17.6 Å². The fourth-order valence-corrected chi connectivity index (χ4v) is 2.83. The van der Waals surface area contributed by atoms with Gasteiger partial charge in [-0.3, -0.25) is 0 Å². The zero-order chi connectivity index (χ0) is 15.4. The molecule has 2 aromatic rings. The summed E-state index contributed by atoms with van der Waals surface area (Å²) >= 11 is 6.05. The topological polar surface area (TPSA) is 59.3 Å². The summed E-state index contributed by atoms with van der Waals surface area (Å²) in [6.07, 6.45) is 1.97. The molecule has 3 rings (SSSR count). The molecule has 22 heavy (non-hydrogen) atoms. The van der Waals surface area contributed by atoms with Crippen LogP contribution >= 0.6 is 11.6 Å². The maximum absolute atomic E-state index is 9.24. The molecule has 0 amide bonds. The summed E-state index contributed by atoms with van der Waals surface area (Å²) in [6.45, 7) is 2.09. The highest BCUT2D eigenvalue weighted by Gasteiger charge is 2.17. The third kappa shape index (κ3) is 3.61. The van der Waals surface area contributed by atoms with Gasteiger partial charge in [-0.05, 0) is 25.0 Å². The fraction of sp³-hybridized carbons (Fsp3) is 0.438. The van der Waals surface area contributed by atoms with Crippen LogP contribution in [0.1, 0.15) is 12.8 Å². The number of benzene rings is 1. The standard InChI is InChI=1S/C16H20ClN3O2/c17-13-3-1-2-12(10-13)15-11-16(20(19-15)6-7-21)18-14-4-8-22-9-5-14/h1-3,10-11,14,18,21H,4-9H2. The lowest BCUT2D eigenvalue weighted by atomic mass is 10.1. The van der Waals surface area contributed by atoms with Crippen molar-refractivity contribution < 1.29 is 9.84 Å². The molecule has 1 aromatic carbocycles. The SMILES string of the molecule is OCCn1nc(-c2cccc(Cl)c2)cc1NC1CCOCC1. The zero-order valence-corrected chi connectivity index (χ0v) is 13.1. The summed E-state index contributed by atoms with van der Waals surface area (Å²) < 4.78 is 7.20. The van der Waals surface area contributed by atoms with Gasteiger partial charge < -0.3 is 15.2 Å². The molecule has 1 fully saturated rings. The average molecular weight is 322 g/mol. The van der Waals surface area contributed by atoms with Gasteiger partial charge in [-0.1, -0.05) is 23.7 Å². The van der Waals surface area contributed by atoms with Crippen molar-refractivity contribution in [1.29, 1.82) is 0 Å². The van der Waals surface area contributed by atoms with Crippen molar-refractivity contribution in [3.63, 3.8) is 0 Å². The summed E-state index contributed by atoms with van der Waals surface area (Å²) in [5.74, 6) is 0.927. The molecule has 1 aliphatic heterocycles. The molecule has 0 bridgehead atoms. The smallest absolute Gasteiger partial charge is 0.125 e. The van der Waals surface area contributed by atoms with Gasteiger partial charge in [0.05, 0.1) is 18.8 Å². The van der Waals surface area contributed by atoms with Gasteiger partial charge in [0.2, 0.25) is 0 Å². The molecule has 5 nitrogen and oxygen atoms in total. The van der Waals surface area contributed by atoms with Crippen molar-refractivity contribution in [2.45, 2.75) is 25.4 Å². The minimum Gasteiger partial charge on any atom is -0.394 e. The Morgan fingerprint density at radius 2 is 2.14 bits per heavy atom. The lowest BCUT2D eigenvalue weighted by molar-refractivity contribution is 0.0902. The Morgan fingerprint density at radius 3 is 2.86 bits per heavy atom. The highest BCUT2D eigenvalue weighted by atomic mass is 35.5. The van der Waals surface area contributed by atoms with Crippen LogP contribution in [0.3, 0.4) is 0 Å². The van der Waals surface area contributed by atoms with Crippen molar-refractivity contribution in [1.82, 2.24) is 9.78 Å². The molecule has 2 N–H and O–H groups in total. The average Bonchev–Trinajstić information content (AvgIpc) is 2.92. The van der Waals surface area contributed by atoms with Crippen LogP contribution in [0.25, 0.3) is 11.3 Å². The normalized spacial score (nSPS) is 15.9. The van der Waals surface area contributed by atoms with Crippen molar-refractivity contribution in [2.24, 2.45) is 0 Å². The minimum atomic E-state index is 0.0547. The van der Waals surface area contributed by atoms with Gasteiger partial charge in [0, 0.05) is 35.9 Å². The molecule has 0 saturated carbocycles. The van der Waals surface area contributed by atoms with Gasteiger partial charge in [0.1, 0.15) is 5.82 Å². The largest absolute Gasteiger partial charge is 0.394 e. The van der Waals surface area contributed by atoms with E-state index in [-0.39, 0.29) is 6.61 Å². The fourth-order valence-electron chi connectivity index (χ4n) is 2.64. The number of nitrogens with one attached hydrogen (secondary N) is 1. The van der Waals surface area contributed by atoms with E-state index >= 15 is 0 Å². The molecule has 0 unspecified atom stereocenters. The number of anilines is 1. The van der Waals surface area contributed by atoms with Gasteiger partial charge in [0.25, 0.3) is 0 Å². The molecule has 6 heteroatoms. The first-order valence-corrected chi connectivity index (χ1v) is 7.93. The van der Waals surface area contributed by atoms with Gasteiger partial charge >= 0.3 is 0 Å². The molecule has 1 aromatic heterocycles. The Morgan fingerprint density at radius 1 is 1.32 bits per heavy atom. The van der Waals surface area contributed by atoms with E-state index in [9.17, 15) is 5.11 Å². The number of rotatable bonds is 5. The van der Waals surface area contributed by atoms with Gasteiger partial charge in [0.15, 0.2) is 0 Å². The maximum Gasteiger partial charge on any atom is 0.125 e. The number of aliphatic hydroxyl groups is 1. The Balaban J connectivity index is 1.84. The Kier molecular flexibility index (Phi) is 4.97. The van der Waals surface area contributed by atoms with Gasteiger partial charge in [-0.25, -0.2) is 4.68 Å². The summed E-state index contributed by atoms with van der Waals surface area (Å²) in [5, 5.41) is 18.0. The van der Waals surface area contributed by atoms with Crippen LogP contribution in [0.15, 0.2) is 30.3 Å². The predicted molar refractivity (Wildman–Crippen MR) is 87.2 cm³/mol. The van der Waals surface area contributed by atoms with Crippen LogP contribution in [-0.2, 0) is 11.3 Å². The molecule has 118 valence electrons. The molecule has 2 heterocycles.